The third-order valence-electron chi connectivity index (χ3n) is 2.93. The van der Waals surface area contributed by atoms with Gasteiger partial charge < -0.3 is 5.32 Å². The van der Waals surface area contributed by atoms with E-state index >= 15 is 0 Å². The van der Waals surface area contributed by atoms with Crippen LogP contribution in [0.25, 0.3) is 0 Å². The van der Waals surface area contributed by atoms with Gasteiger partial charge in [-0.3, -0.25) is 9.59 Å². The van der Waals surface area contributed by atoms with Gasteiger partial charge in [-0.1, -0.05) is 48.0 Å². The van der Waals surface area contributed by atoms with Gasteiger partial charge in [-0.2, -0.15) is 0 Å². The van der Waals surface area contributed by atoms with Crippen LogP contribution in [-0.2, 0) is 9.59 Å². The minimum absolute atomic E-state index is 0.0449. The second-order valence-electron chi connectivity index (χ2n) is 7.57. The Morgan fingerprint density at radius 1 is 0.895 bits per heavy atom. The molecule has 3 heteroatoms. The summed E-state index contributed by atoms with van der Waals surface area (Å²) in [5, 5.41) is 2.93. The molecule has 112 valence electrons. The number of carbonyl (C=O) groups is 2. The van der Waals surface area contributed by atoms with Crippen LogP contribution in [0.15, 0.2) is 0 Å². The van der Waals surface area contributed by atoms with E-state index in [1.165, 1.54) is 0 Å². The van der Waals surface area contributed by atoms with Crippen molar-refractivity contribution in [2.24, 2.45) is 10.8 Å². The predicted octanol–water partition coefficient (Wildman–Crippen LogP) is 3.71. The Morgan fingerprint density at radius 3 is 1.95 bits per heavy atom. The molecule has 0 bridgehead atoms. The number of rotatable bonds is 7. The Bertz CT molecular complexity index is 295. The summed E-state index contributed by atoms with van der Waals surface area (Å²) in [6, 6.07) is 0. The van der Waals surface area contributed by atoms with Gasteiger partial charge in [-0.25, -0.2) is 0 Å². The van der Waals surface area contributed by atoms with E-state index < -0.39 is 0 Å². The Morgan fingerprint density at radius 2 is 1.47 bits per heavy atom. The van der Waals surface area contributed by atoms with Gasteiger partial charge in [0.2, 0.25) is 5.91 Å². The minimum Gasteiger partial charge on any atom is -0.356 e. The van der Waals surface area contributed by atoms with Crippen molar-refractivity contribution in [1.82, 2.24) is 5.32 Å². The zero-order valence-corrected chi connectivity index (χ0v) is 13.6. The van der Waals surface area contributed by atoms with Crippen molar-refractivity contribution >= 4 is 11.7 Å². The molecular formula is C16H31NO2. The number of carbonyl (C=O) groups excluding carboxylic acids is 2. The van der Waals surface area contributed by atoms with E-state index in [4.69, 9.17) is 0 Å². The van der Waals surface area contributed by atoms with Crippen molar-refractivity contribution in [3.8, 4) is 0 Å². The summed E-state index contributed by atoms with van der Waals surface area (Å²) in [6.07, 6.45) is 4.09. The highest BCUT2D eigenvalue weighted by Gasteiger charge is 2.20. The van der Waals surface area contributed by atoms with Crippen LogP contribution in [0.4, 0.5) is 0 Å². The molecule has 0 fully saturated rings. The van der Waals surface area contributed by atoms with Gasteiger partial charge in [-0.05, 0) is 18.3 Å². The van der Waals surface area contributed by atoms with Crippen LogP contribution < -0.4 is 5.32 Å². The number of Topliss-reactive ketones (excluding diaryl/α,β-unsaturated/α-hetero) is 1. The zero-order valence-electron chi connectivity index (χ0n) is 13.6. The van der Waals surface area contributed by atoms with Gasteiger partial charge in [0.05, 0.1) is 0 Å². The van der Waals surface area contributed by atoms with E-state index in [2.05, 4.69) is 26.1 Å². The maximum absolute atomic E-state index is 11.7. The van der Waals surface area contributed by atoms with Crippen molar-refractivity contribution in [1.29, 1.82) is 0 Å². The minimum atomic E-state index is -0.221. The lowest BCUT2D eigenvalue weighted by molar-refractivity contribution is -0.126. The van der Waals surface area contributed by atoms with Crippen molar-refractivity contribution in [3.05, 3.63) is 0 Å². The van der Waals surface area contributed by atoms with Gasteiger partial charge >= 0.3 is 0 Å². The fourth-order valence-corrected chi connectivity index (χ4v) is 1.73. The SMILES string of the molecule is CC(C)(C)CC(=O)NCCCCCC(=O)C(C)(C)C. The van der Waals surface area contributed by atoms with Crippen LogP contribution in [0.5, 0.6) is 0 Å². The zero-order chi connectivity index (χ0) is 15.1. The third-order valence-corrected chi connectivity index (χ3v) is 2.93. The molecular weight excluding hydrogens is 238 g/mol. The normalized spacial score (nSPS) is 12.3. The van der Waals surface area contributed by atoms with Crippen molar-refractivity contribution in [2.45, 2.75) is 73.6 Å². The summed E-state index contributed by atoms with van der Waals surface area (Å²) in [6.45, 7) is 12.8. The highest BCUT2D eigenvalue weighted by atomic mass is 16.1. The first-order valence-electron chi connectivity index (χ1n) is 7.32. The summed E-state index contributed by atoms with van der Waals surface area (Å²) in [7, 11) is 0. The molecule has 19 heavy (non-hydrogen) atoms. The summed E-state index contributed by atoms with van der Waals surface area (Å²) in [4.78, 5) is 23.3. The summed E-state index contributed by atoms with van der Waals surface area (Å²) >= 11 is 0. The summed E-state index contributed by atoms with van der Waals surface area (Å²) < 4.78 is 0. The first-order valence-corrected chi connectivity index (χ1v) is 7.32. The van der Waals surface area contributed by atoms with Crippen LogP contribution in [0.2, 0.25) is 0 Å². The number of unbranched alkanes of at least 4 members (excludes halogenated alkanes) is 2. The van der Waals surface area contributed by atoms with Crippen molar-refractivity contribution in [2.75, 3.05) is 6.54 Å². The van der Waals surface area contributed by atoms with Crippen molar-refractivity contribution in [3.63, 3.8) is 0 Å². The second-order valence-corrected chi connectivity index (χ2v) is 7.57. The fourth-order valence-electron chi connectivity index (χ4n) is 1.73. The molecule has 0 atom stereocenters. The molecule has 0 heterocycles. The van der Waals surface area contributed by atoms with Gasteiger partial charge in [-0.15, -0.1) is 0 Å². The maximum Gasteiger partial charge on any atom is 0.220 e. The van der Waals surface area contributed by atoms with Crippen LogP contribution in [0.3, 0.4) is 0 Å². The Labute approximate surface area is 118 Å². The Kier molecular flexibility index (Phi) is 7.32. The topological polar surface area (TPSA) is 46.2 Å². The summed E-state index contributed by atoms with van der Waals surface area (Å²) in [5.74, 6) is 0.447. The molecule has 0 spiro atoms. The fraction of sp³-hybridized carbons (Fsp3) is 0.875. The van der Waals surface area contributed by atoms with Gasteiger partial charge in [0.15, 0.2) is 0 Å². The van der Waals surface area contributed by atoms with Gasteiger partial charge in [0.1, 0.15) is 5.78 Å². The van der Waals surface area contributed by atoms with E-state index in [0.29, 0.717) is 18.6 Å². The number of amides is 1. The number of hydrogen-bond donors (Lipinski definition) is 1. The lowest BCUT2D eigenvalue weighted by Crippen LogP contribution is -2.28. The number of ketones is 1. The van der Waals surface area contributed by atoms with Gasteiger partial charge in [0, 0.05) is 24.8 Å². The maximum atomic E-state index is 11.7. The first-order chi connectivity index (χ1) is 8.52. The highest BCUT2D eigenvalue weighted by Crippen LogP contribution is 2.19. The molecule has 0 aromatic heterocycles. The average Bonchev–Trinajstić information content (AvgIpc) is 2.18. The quantitative estimate of drug-likeness (QED) is 0.716. The monoisotopic (exact) mass is 269 g/mol. The molecule has 0 saturated heterocycles. The first kappa shape index (κ1) is 18.1. The lowest BCUT2D eigenvalue weighted by atomic mass is 9.88. The van der Waals surface area contributed by atoms with E-state index in [-0.39, 0.29) is 16.7 Å². The molecule has 0 radical (unpaired) electrons. The molecule has 0 aliphatic carbocycles. The molecule has 1 N–H and O–H groups in total. The Balaban J connectivity index is 3.57. The molecule has 0 aliphatic heterocycles. The largest absolute Gasteiger partial charge is 0.356 e. The predicted molar refractivity (Wildman–Crippen MR) is 80.0 cm³/mol. The highest BCUT2D eigenvalue weighted by molar-refractivity contribution is 5.83. The molecule has 0 aromatic rings. The molecule has 0 saturated carbocycles. The van der Waals surface area contributed by atoms with Crippen LogP contribution in [-0.4, -0.2) is 18.2 Å². The number of hydrogen-bond acceptors (Lipinski definition) is 2. The van der Waals surface area contributed by atoms with Crippen LogP contribution >= 0.6 is 0 Å². The van der Waals surface area contributed by atoms with Crippen molar-refractivity contribution < 1.29 is 9.59 Å². The van der Waals surface area contributed by atoms with E-state index in [1.54, 1.807) is 0 Å². The number of nitrogens with one attached hydrogen (secondary N) is 1. The smallest absolute Gasteiger partial charge is 0.220 e. The second kappa shape index (κ2) is 7.66. The molecule has 0 aliphatic rings. The lowest BCUT2D eigenvalue weighted by Gasteiger charge is -2.17. The molecule has 0 unspecified atom stereocenters. The third kappa shape index (κ3) is 10.7. The molecule has 0 rings (SSSR count). The van der Waals surface area contributed by atoms with E-state index in [1.807, 2.05) is 20.8 Å². The molecule has 3 nitrogen and oxygen atoms in total. The van der Waals surface area contributed by atoms with Gasteiger partial charge in [0.25, 0.3) is 0 Å². The summed E-state index contributed by atoms with van der Waals surface area (Å²) in [5.41, 5.74) is -0.176. The molecule has 1 amide bonds. The van der Waals surface area contributed by atoms with E-state index in [0.717, 1.165) is 25.8 Å². The standard InChI is InChI=1S/C16H31NO2/c1-15(2,3)12-14(19)17-11-9-7-8-10-13(18)16(4,5)6/h7-12H2,1-6H3,(H,17,19). The average molecular weight is 269 g/mol. The van der Waals surface area contributed by atoms with Crippen LogP contribution in [0, 0.1) is 10.8 Å². The van der Waals surface area contributed by atoms with Crippen LogP contribution in [0.1, 0.15) is 73.6 Å². The van der Waals surface area contributed by atoms with E-state index in [9.17, 15) is 9.59 Å². The molecule has 0 aromatic carbocycles. The Hall–Kier alpha value is -0.860.